The highest BCUT2D eigenvalue weighted by molar-refractivity contribution is 5.21. The molecule has 1 aromatic rings. The van der Waals surface area contributed by atoms with Crippen molar-refractivity contribution < 1.29 is 4.74 Å². The maximum Gasteiger partial charge on any atom is 0.0896 e. The maximum atomic E-state index is 5.47. The van der Waals surface area contributed by atoms with Crippen LogP contribution < -0.4 is 0 Å². The van der Waals surface area contributed by atoms with Gasteiger partial charge in [-0.1, -0.05) is 37.3 Å². The van der Waals surface area contributed by atoms with Crippen LogP contribution in [0.15, 0.2) is 30.3 Å². The molecule has 1 heteroatoms. The van der Waals surface area contributed by atoms with E-state index in [9.17, 15) is 0 Å². The zero-order valence-corrected chi connectivity index (χ0v) is 8.00. The predicted octanol–water partition coefficient (Wildman–Crippen LogP) is 2.96. The Morgan fingerprint density at radius 1 is 1.25 bits per heavy atom. The van der Waals surface area contributed by atoms with Crippen molar-refractivity contribution in [2.45, 2.75) is 25.9 Å². The topological polar surface area (TPSA) is 9.23 Å². The van der Waals surface area contributed by atoms with Gasteiger partial charge in [-0.2, -0.15) is 0 Å². The fourth-order valence-electron chi connectivity index (χ4n) is 1.26. The second-order valence-electron chi connectivity index (χ2n) is 3.15. The van der Waals surface area contributed by atoms with Crippen molar-refractivity contribution in [3.8, 4) is 0 Å². The monoisotopic (exact) mass is 164 g/mol. The van der Waals surface area contributed by atoms with Crippen molar-refractivity contribution in [2.24, 2.45) is 0 Å². The molecule has 0 aliphatic heterocycles. The number of methoxy groups -OCH3 is 1. The summed E-state index contributed by atoms with van der Waals surface area (Å²) >= 11 is 0. The molecule has 66 valence electrons. The summed E-state index contributed by atoms with van der Waals surface area (Å²) in [5.41, 5.74) is 1.12. The molecule has 0 aliphatic carbocycles. The van der Waals surface area contributed by atoms with Gasteiger partial charge in [-0.25, -0.2) is 0 Å². The molecule has 0 radical (unpaired) electrons. The Bertz CT molecular complexity index is 224. The van der Waals surface area contributed by atoms with Crippen LogP contribution >= 0.6 is 0 Å². The van der Waals surface area contributed by atoms with Crippen LogP contribution in [0.5, 0.6) is 0 Å². The standard InChI is InChI=1S/C11H16O/c1-4-11(2,12-3)10-8-6-5-7-9-10/h5-9H,4H2,1-3H3/t11-/m1/s1. The van der Waals surface area contributed by atoms with Gasteiger partial charge in [0.15, 0.2) is 0 Å². The Hall–Kier alpha value is -0.820. The Morgan fingerprint density at radius 2 is 1.83 bits per heavy atom. The second-order valence-corrected chi connectivity index (χ2v) is 3.15. The van der Waals surface area contributed by atoms with Crippen LogP contribution in [0.2, 0.25) is 0 Å². The van der Waals surface area contributed by atoms with Crippen molar-refractivity contribution in [3.63, 3.8) is 0 Å². The van der Waals surface area contributed by atoms with Crippen LogP contribution in [0.4, 0.5) is 0 Å². The summed E-state index contributed by atoms with van der Waals surface area (Å²) in [7, 11) is 1.76. The largest absolute Gasteiger partial charge is 0.374 e. The Labute approximate surface area is 74.4 Å². The Balaban J connectivity index is 2.95. The van der Waals surface area contributed by atoms with Gasteiger partial charge < -0.3 is 4.74 Å². The molecule has 1 aromatic carbocycles. The molecular weight excluding hydrogens is 148 g/mol. The van der Waals surface area contributed by atoms with Crippen LogP contribution in [-0.4, -0.2) is 7.11 Å². The van der Waals surface area contributed by atoms with Crippen molar-refractivity contribution in [3.05, 3.63) is 35.9 Å². The maximum absolute atomic E-state index is 5.47. The Kier molecular flexibility index (Phi) is 2.88. The number of rotatable bonds is 3. The van der Waals surface area contributed by atoms with Gasteiger partial charge in [0, 0.05) is 7.11 Å². The SMILES string of the molecule is CC[C@@](C)(OC)c1ccccc1. The molecule has 0 spiro atoms. The van der Waals surface area contributed by atoms with E-state index in [-0.39, 0.29) is 5.60 Å². The minimum atomic E-state index is -0.124. The smallest absolute Gasteiger partial charge is 0.0896 e. The molecule has 0 fully saturated rings. The fourth-order valence-corrected chi connectivity index (χ4v) is 1.26. The molecule has 1 rings (SSSR count). The first-order valence-corrected chi connectivity index (χ1v) is 4.33. The highest BCUT2D eigenvalue weighted by Gasteiger charge is 2.22. The molecule has 0 unspecified atom stereocenters. The summed E-state index contributed by atoms with van der Waals surface area (Å²) in [6, 6.07) is 10.3. The highest BCUT2D eigenvalue weighted by Crippen LogP contribution is 2.27. The van der Waals surface area contributed by atoms with Crippen molar-refractivity contribution in [2.75, 3.05) is 7.11 Å². The third-order valence-electron chi connectivity index (χ3n) is 2.51. The first kappa shape index (κ1) is 9.27. The molecule has 0 bridgehead atoms. The zero-order chi connectivity index (χ0) is 9.03. The highest BCUT2D eigenvalue weighted by atomic mass is 16.5. The van der Waals surface area contributed by atoms with Gasteiger partial charge in [0.25, 0.3) is 0 Å². The predicted molar refractivity (Wildman–Crippen MR) is 51.1 cm³/mol. The van der Waals surface area contributed by atoms with Crippen LogP contribution in [0, 0.1) is 0 Å². The molecule has 0 N–H and O–H groups in total. The lowest BCUT2D eigenvalue weighted by atomic mass is 9.93. The van der Waals surface area contributed by atoms with E-state index in [0.29, 0.717) is 0 Å². The quantitative estimate of drug-likeness (QED) is 0.667. The molecule has 0 heterocycles. The summed E-state index contributed by atoms with van der Waals surface area (Å²) in [5.74, 6) is 0. The summed E-state index contributed by atoms with van der Waals surface area (Å²) in [6.07, 6.45) is 0.994. The van der Waals surface area contributed by atoms with Gasteiger partial charge in [0.2, 0.25) is 0 Å². The number of benzene rings is 1. The van der Waals surface area contributed by atoms with Crippen molar-refractivity contribution in [1.29, 1.82) is 0 Å². The minimum absolute atomic E-state index is 0.124. The number of ether oxygens (including phenoxy) is 1. The van der Waals surface area contributed by atoms with E-state index in [4.69, 9.17) is 4.74 Å². The van der Waals surface area contributed by atoms with Gasteiger partial charge in [0.05, 0.1) is 5.60 Å². The van der Waals surface area contributed by atoms with E-state index in [0.717, 1.165) is 6.42 Å². The molecule has 0 aliphatic rings. The van der Waals surface area contributed by atoms with Crippen LogP contribution in [0.1, 0.15) is 25.8 Å². The minimum Gasteiger partial charge on any atom is -0.374 e. The lowest BCUT2D eigenvalue weighted by Gasteiger charge is -2.26. The molecule has 0 amide bonds. The molecule has 1 nitrogen and oxygen atoms in total. The molecule has 0 aromatic heterocycles. The van der Waals surface area contributed by atoms with Gasteiger partial charge in [0.1, 0.15) is 0 Å². The third-order valence-corrected chi connectivity index (χ3v) is 2.51. The normalized spacial score (nSPS) is 15.6. The van der Waals surface area contributed by atoms with Gasteiger partial charge in [-0.05, 0) is 18.9 Å². The van der Waals surface area contributed by atoms with Crippen molar-refractivity contribution in [1.82, 2.24) is 0 Å². The van der Waals surface area contributed by atoms with E-state index in [2.05, 4.69) is 26.0 Å². The average molecular weight is 164 g/mol. The molecule has 12 heavy (non-hydrogen) atoms. The number of hydrogen-bond acceptors (Lipinski definition) is 1. The molecule has 0 saturated heterocycles. The van der Waals surface area contributed by atoms with Gasteiger partial charge in [-0.15, -0.1) is 0 Å². The van der Waals surface area contributed by atoms with E-state index in [1.165, 1.54) is 5.56 Å². The summed E-state index contributed by atoms with van der Waals surface area (Å²) in [5, 5.41) is 0. The lowest BCUT2D eigenvalue weighted by molar-refractivity contribution is -0.00139. The summed E-state index contributed by atoms with van der Waals surface area (Å²) in [6.45, 7) is 4.25. The lowest BCUT2D eigenvalue weighted by Crippen LogP contribution is -2.22. The van der Waals surface area contributed by atoms with Crippen molar-refractivity contribution >= 4 is 0 Å². The van der Waals surface area contributed by atoms with E-state index < -0.39 is 0 Å². The fraction of sp³-hybridized carbons (Fsp3) is 0.455. The van der Waals surface area contributed by atoms with E-state index >= 15 is 0 Å². The first-order chi connectivity index (χ1) is 5.73. The first-order valence-electron chi connectivity index (χ1n) is 4.33. The van der Waals surface area contributed by atoms with Gasteiger partial charge in [-0.3, -0.25) is 0 Å². The third kappa shape index (κ3) is 1.67. The zero-order valence-electron chi connectivity index (χ0n) is 8.00. The summed E-state index contributed by atoms with van der Waals surface area (Å²) < 4.78 is 5.47. The molecular formula is C11H16O. The summed E-state index contributed by atoms with van der Waals surface area (Å²) in [4.78, 5) is 0. The van der Waals surface area contributed by atoms with Gasteiger partial charge >= 0.3 is 0 Å². The van der Waals surface area contributed by atoms with Crippen LogP contribution in [-0.2, 0) is 10.3 Å². The van der Waals surface area contributed by atoms with E-state index in [1.54, 1.807) is 7.11 Å². The van der Waals surface area contributed by atoms with Crippen LogP contribution in [0.25, 0.3) is 0 Å². The average Bonchev–Trinajstić information content (AvgIpc) is 2.18. The second kappa shape index (κ2) is 3.72. The van der Waals surface area contributed by atoms with Crippen LogP contribution in [0.3, 0.4) is 0 Å². The molecule has 0 saturated carbocycles. The number of hydrogen-bond donors (Lipinski definition) is 0. The molecule has 1 atom stereocenters. The van der Waals surface area contributed by atoms with E-state index in [1.807, 2.05) is 18.2 Å². The Morgan fingerprint density at radius 3 is 2.25 bits per heavy atom.